The monoisotopic (exact) mass is 282 g/mol. The predicted octanol–water partition coefficient (Wildman–Crippen LogP) is 2.98. The second kappa shape index (κ2) is 6.28. The summed E-state index contributed by atoms with van der Waals surface area (Å²) in [5.41, 5.74) is 7.71. The summed E-state index contributed by atoms with van der Waals surface area (Å²) in [6, 6.07) is 4.21. The van der Waals surface area contributed by atoms with Gasteiger partial charge in [0.1, 0.15) is 0 Å². The second-order valence-electron chi connectivity index (χ2n) is 4.75. The van der Waals surface area contributed by atoms with E-state index < -0.39 is 0 Å². The van der Waals surface area contributed by atoms with Crippen LogP contribution < -0.4 is 20.5 Å². The zero-order chi connectivity index (χ0) is 13.8. The summed E-state index contributed by atoms with van der Waals surface area (Å²) in [5, 5.41) is 4.21. The Kier molecular flexibility index (Phi) is 4.69. The van der Waals surface area contributed by atoms with E-state index in [1.54, 1.807) is 14.2 Å². The van der Waals surface area contributed by atoms with E-state index in [0.29, 0.717) is 28.5 Å². The average molecular weight is 282 g/mol. The van der Waals surface area contributed by atoms with E-state index in [1.165, 1.54) is 19.3 Å². The molecule has 0 aliphatic heterocycles. The lowest BCUT2D eigenvalue weighted by Gasteiger charge is -2.22. The van der Waals surface area contributed by atoms with Crippen LogP contribution in [0.2, 0.25) is 0 Å². The molecule has 1 fully saturated rings. The fraction of sp³-hybridized carbons (Fsp3) is 0.571. The van der Waals surface area contributed by atoms with Crippen molar-refractivity contribution in [3.05, 3.63) is 12.1 Å². The van der Waals surface area contributed by atoms with Crippen LogP contribution in [0, 0.1) is 0 Å². The molecular formula is C14H22N2O2S. The molecule has 2 rings (SSSR count). The van der Waals surface area contributed by atoms with Crippen LogP contribution in [0.3, 0.4) is 0 Å². The molecule has 1 aromatic carbocycles. The SMILES string of the molecule is COc1cc(N)c(NC2CCCC2SC)cc1OC. The first-order valence-electron chi connectivity index (χ1n) is 6.50. The number of ether oxygens (including phenoxy) is 2. The zero-order valence-corrected chi connectivity index (χ0v) is 12.5. The van der Waals surface area contributed by atoms with E-state index in [4.69, 9.17) is 15.2 Å². The number of nitrogens with one attached hydrogen (secondary N) is 1. The van der Waals surface area contributed by atoms with E-state index in [1.807, 2.05) is 23.9 Å². The van der Waals surface area contributed by atoms with Crippen LogP contribution in [-0.2, 0) is 0 Å². The third kappa shape index (κ3) is 3.03. The van der Waals surface area contributed by atoms with Crippen LogP contribution in [0.4, 0.5) is 11.4 Å². The van der Waals surface area contributed by atoms with Gasteiger partial charge in [0.15, 0.2) is 11.5 Å². The van der Waals surface area contributed by atoms with Gasteiger partial charge in [0, 0.05) is 23.4 Å². The maximum Gasteiger partial charge on any atom is 0.162 e. The molecule has 1 saturated carbocycles. The van der Waals surface area contributed by atoms with Crippen LogP contribution in [-0.4, -0.2) is 31.8 Å². The molecule has 1 aromatic rings. The van der Waals surface area contributed by atoms with Gasteiger partial charge in [-0.3, -0.25) is 0 Å². The van der Waals surface area contributed by atoms with Crippen LogP contribution in [0.5, 0.6) is 11.5 Å². The summed E-state index contributed by atoms with van der Waals surface area (Å²) < 4.78 is 10.6. The largest absolute Gasteiger partial charge is 0.493 e. The van der Waals surface area contributed by atoms with Gasteiger partial charge in [-0.25, -0.2) is 0 Å². The Bertz CT molecular complexity index is 440. The van der Waals surface area contributed by atoms with E-state index in [-0.39, 0.29) is 0 Å². The Morgan fingerprint density at radius 2 is 1.89 bits per heavy atom. The number of rotatable bonds is 5. The molecule has 2 unspecified atom stereocenters. The Morgan fingerprint density at radius 3 is 2.53 bits per heavy atom. The van der Waals surface area contributed by atoms with Gasteiger partial charge >= 0.3 is 0 Å². The number of nitrogens with two attached hydrogens (primary N) is 1. The number of methoxy groups -OCH3 is 2. The van der Waals surface area contributed by atoms with Crippen LogP contribution in [0.1, 0.15) is 19.3 Å². The highest BCUT2D eigenvalue weighted by Crippen LogP contribution is 2.37. The quantitative estimate of drug-likeness (QED) is 0.813. The first-order valence-corrected chi connectivity index (χ1v) is 7.79. The summed E-state index contributed by atoms with van der Waals surface area (Å²) in [4.78, 5) is 0. The minimum Gasteiger partial charge on any atom is -0.493 e. The summed E-state index contributed by atoms with van der Waals surface area (Å²) in [5.74, 6) is 1.37. The van der Waals surface area contributed by atoms with Crippen LogP contribution >= 0.6 is 11.8 Å². The Balaban J connectivity index is 2.20. The van der Waals surface area contributed by atoms with Crippen molar-refractivity contribution in [2.75, 3.05) is 31.5 Å². The van der Waals surface area contributed by atoms with E-state index in [0.717, 1.165) is 5.69 Å². The molecule has 0 aromatic heterocycles. The first-order chi connectivity index (χ1) is 9.19. The Labute approximate surface area is 119 Å². The predicted molar refractivity (Wildman–Crippen MR) is 82.5 cm³/mol. The molecule has 0 spiro atoms. The molecule has 5 heteroatoms. The molecule has 0 radical (unpaired) electrons. The summed E-state index contributed by atoms with van der Waals surface area (Å²) in [6.45, 7) is 0. The highest BCUT2D eigenvalue weighted by Gasteiger charge is 2.27. The van der Waals surface area contributed by atoms with Crippen molar-refractivity contribution in [2.24, 2.45) is 0 Å². The third-order valence-electron chi connectivity index (χ3n) is 3.65. The van der Waals surface area contributed by atoms with Crippen molar-refractivity contribution in [1.82, 2.24) is 0 Å². The van der Waals surface area contributed by atoms with E-state index >= 15 is 0 Å². The van der Waals surface area contributed by atoms with Crippen LogP contribution in [0.25, 0.3) is 0 Å². The number of hydrogen-bond acceptors (Lipinski definition) is 5. The fourth-order valence-corrected chi connectivity index (χ4v) is 3.53. The van der Waals surface area contributed by atoms with Gasteiger partial charge in [-0.05, 0) is 19.1 Å². The number of anilines is 2. The smallest absolute Gasteiger partial charge is 0.162 e. The fourth-order valence-electron chi connectivity index (χ4n) is 2.59. The standard InChI is InChI=1S/C14H22N2O2S/c1-17-12-7-9(15)11(8-13(12)18-2)16-10-5-4-6-14(10)19-3/h7-8,10,14,16H,4-6,15H2,1-3H3. The molecule has 2 atom stereocenters. The van der Waals surface area contributed by atoms with Crippen molar-refractivity contribution in [3.63, 3.8) is 0 Å². The zero-order valence-electron chi connectivity index (χ0n) is 11.7. The van der Waals surface area contributed by atoms with Gasteiger partial charge in [-0.2, -0.15) is 11.8 Å². The van der Waals surface area contributed by atoms with E-state index in [2.05, 4.69) is 11.6 Å². The van der Waals surface area contributed by atoms with E-state index in [9.17, 15) is 0 Å². The summed E-state index contributed by atoms with van der Waals surface area (Å²) in [6.07, 6.45) is 5.91. The molecule has 19 heavy (non-hydrogen) atoms. The van der Waals surface area contributed by atoms with Gasteiger partial charge in [-0.15, -0.1) is 0 Å². The molecule has 0 saturated heterocycles. The molecule has 1 aliphatic carbocycles. The van der Waals surface area contributed by atoms with Crippen molar-refractivity contribution in [3.8, 4) is 11.5 Å². The maximum absolute atomic E-state index is 6.08. The summed E-state index contributed by atoms with van der Waals surface area (Å²) in [7, 11) is 3.25. The lowest BCUT2D eigenvalue weighted by atomic mass is 10.2. The van der Waals surface area contributed by atoms with Crippen molar-refractivity contribution >= 4 is 23.1 Å². The van der Waals surface area contributed by atoms with Crippen molar-refractivity contribution in [1.29, 1.82) is 0 Å². The highest BCUT2D eigenvalue weighted by atomic mass is 32.2. The van der Waals surface area contributed by atoms with Crippen molar-refractivity contribution in [2.45, 2.75) is 30.6 Å². The topological polar surface area (TPSA) is 56.5 Å². The maximum atomic E-state index is 6.08. The number of hydrogen-bond donors (Lipinski definition) is 2. The van der Waals surface area contributed by atoms with Gasteiger partial charge < -0.3 is 20.5 Å². The summed E-state index contributed by atoms with van der Waals surface area (Å²) >= 11 is 1.92. The first kappa shape index (κ1) is 14.2. The average Bonchev–Trinajstić information content (AvgIpc) is 2.87. The molecule has 106 valence electrons. The molecular weight excluding hydrogens is 260 g/mol. The van der Waals surface area contributed by atoms with Crippen molar-refractivity contribution < 1.29 is 9.47 Å². The third-order valence-corrected chi connectivity index (χ3v) is 4.82. The molecule has 0 amide bonds. The second-order valence-corrected chi connectivity index (χ2v) is 5.83. The minimum atomic E-state index is 0.482. The minimum absolute atomic E-state index is 0.482. The van der Waals surface area contributed by atoms with Gasteiger partial charge in [0.2, 0.25) is 0 Å². The van der Waals surface area contributed by atoms with Gasteiger partial charge in [-0.1, -0.05) is 6.42 Å². The van der Waals surface area contributed by atoms with Crippen LogP contribution in [0.15, 0.2) is 12.1 Å². The van der Waals surface area contributed by atoms with Gasteiger partial charge in [0.05, 0.1) is 25.6 Å². The molecule has 4 nitrogen and oxygen atoms in total. The lowest BCUT2D eigenvalue weighted by molar-refractivity contribution is 0.355. The normalized spacial score (nSPS) is 22.3. The Hall–Kier alpha value is -1.23. The molecule has 3 N–H and O–H groups in total. The molecule has 0 bridgehead atoms. The van der Waals surface area contributed by atoms with Gasteiger partial charge in [0.25, 0.3) is 0 Å². The highest BCUT2D eigenvalue weighted by molar-refractivity contribution is 7.99. The molecule has 0 heterocycles. The molecule has 1 aliphatic rings. The lowest BCUT2D eigenvalue weighted by Crippen LogP contribution is -2.26. The number of thioether (sulfide) groups is 1. The number of nitrogen functional groups attached to an aromatic ring is 1. The Morgan fingerprint density at radius 1 is 1.21 bits per heavy atom. The number of benzene rings is 1.